The maximum absolute atomic E-state index is 9.06. The first-order valence-electron chi connectivity index (χ1n) is 5.70. The number of nitrogens with zero attached hydrogens (tertiary/aromatic N) is 1. The summed E-state index contributed by atoms with van der Waals surface area (Å²) in [6.07, 6.45) is 1.42. The molecule has 1 aliphatic heterocycles. The number of hydrogen-bond donors (Lipinski definition) is 2. The lowest BCUT2D eigenvalue weighted by Crippen LogP contribution is -2.49. The van der Waals surface area contributed by atoms with Crippen molar-refractivity contribution in [3.8, 4) is 0 Å². The minimum absolute atomic E-state index is 0.0441. The van der Waals surface area contributed by atoms with Crippen LogP contribution in [0.1, 0.15) is 27.2 Å². The molecule has 3 unspecified atom stereocenters. The number of rotatable bonds is 4. The fraction of sp³-hybridized carbons (Fsp3) is 1.00. The molecular weight excluding hydrogens is 192 g/mol. The Labute approximate surface area is 92.4 Å². The van der Waals surface area contributed by atoms with E-state index in [1.54, 1.807) is 0 Å². The van der Waals surface area contributed by atoms with Gasteiger partial charge < -0.3 is 15.6 Å². The lowest BCUT2D eigenvalue weighted by Gasteiger charge is -2.36. The molecule has 15 heavy (non-hydrogen) atoms. The summed E-state index contributed by atoms with van der Waals surface area (Å²) < 4.78 is 5.65. The van der Waals surface area contributed by atoms with Gasteiger partial charge in [-0.25, -0.2) is 0 Å². The Morgan fingerprint density at radius 3 is 2.40 bits per heavy atom. The Balaban J connectivity index is 2.32. The average Bonchev–Trinajstić information content (AvgIpc) is 2.14. The highest BCUT2D eigenvalue weighted by Crippen LogP contribution is 2.13. The van der Waals surface area contributed by atoms with Crippen LogP contribution >= 0.6 is 0 Å². The second kappa shape index (κ2) is 5.25. The van der Waals surface area contributed by atoms with E-state index in [-0.39, 0.29) is 6.61 Å². The summed E-state index contributed by atoms with van der Waals surface area (Å²) in [6.45, 7) is 8.98. The van der Waals surface area contributed by atoms with Crippen LogP contribution in [0.5, 0.6) is 0 Å². The fourth-order valence-corrected chi connectivity index (χ4v) is 1.96. The van der Waals surface area contributed by atoms with E-state index >= 15 is 0 Å². The third kappa shape index (κ3) is 4.47. The van der Waals surface area contributed by atoms with Gasteiger partial charge in [-0.1, -0.05) is 0 Å². The average molecular weight is 216 g/mol. The summed E-state index contributed by atoms with van der Waals surface area (Å²) in [4.78, 5) is 2.36. The molecule has 0 spiro atoms. The van der Waals surface area contributed by atoms with Gasteiger partial charge in [-0.15, -0.1) is 0 Å². The van der Waals surface area contributed by atoms with Gasteiger partial charge in [0.2, 0.25) is 0 Å². The molecule has 1 heterocycles. The van der Waals surface area contributed by atoms with Crippen LogP contribution in [0.25, 0.3) is 0 Å². The lowest BCUT2D eigenvalue weighted by molar-refractivity contribution is -0.0695. The van der Waals surface area contributed by atoms with Gasteiger partial charge in [0.25, 0.3) is 0 Å². The Bertz CT molecular complexity index is 187. The third-order valence-electron chi connectivity index (χ3n) is 2.86. The monoisotopic (exact) mass is 216 g/mol. The smallest absolute Gasteiger partial charge is 0.0678 e. The van der Waals surface area contributed by atoms with Crippen molar-refractivity contribution >= 4 is 0 Å². The van der Waals surface area contributed by atoms with Gasteiger partial charge in [0, 0.05) is 25.2 Å². The molecular formula is C11H24N2O2. The van der Waals surface area contributed by atoms with Crippen LogP contribution in [0.4, 0.5) is 0 Å². The Morgan fingerprint density at radius 2 is 1.93 bits per heavy atom. The molecule has 1 rings (SSSR count). The van der Waals surface area contributed by atoms with Crippen molar-refractivity contribution in [2.24, 2.45) is 5.73 Å². The molecule has 1 fully saturated rings. The zero-order valence-electron chi connectivity index (χ0n) is 10.1. The van der Waals surface area contributed by atoms with Crippen LogP contribution in [0, 0.1) is 0 Å². The topological polar surface area (TPSA) is 58.7 Å². The highest BCUT2D eigenvalue weighted by Gasteiger charge is 2.24. The lowest BCUT2D eigenvalue weighted by atomic mass is 10.00. The summed E-state index contributed by atoms with van der Waals surface area (Å²) in [5, 5.41) is 9.06. The standard InChI is InChI=1S/C11H24N2O2/c1-9-6-13(7-10(2)15-9)5-4-11(3,12)8-14/h9-10,14H,4-8,12H2,1-3H3. The van der Waals surface area contributed by atoms with Crippen molar-refractivity contribution in [1.29, 1.82) is 0 Å². The molecule has 90 valence electrons. The van der Waals surface area contributed by atoms with Gasteiger partial charge in [0.1, 0.15) is 0 Å². The first kappa shape index (κ1) is 12.9. The summed E-state index contributed by atoms with van der Waals surface area (Å²) in [7, 11) is 0. The SMILES string of the molecule is CC1CN(CCC(C)(N)CO)CC(C)O1. The summed E-state index contributed by atoms with van der Waals surface area (Å²) in [5.41, 5.74) is 5.44. The van der Waals surface area contributed by atoms with E-state index in [0.29, 0.717) is 12.2 Å². The van der Waals surface area contributed by atoms with Gasteiger partial charge in [-0.3, -0.25) is 4.90 Å². The molecule has 0 saturated carbocycles. The molecule has 3 atom stereocenters. The maximum Gasteiger partial charge on any atom is 0.0678 e. The van der Waals surface area contributed by atoms with E-state index in [1.165, 1.54) is 0 Å². The molecule has 0 aromatic carbocycles. The van der Waals surface area contributed by atoms with Gasteiger partial charge in [-0.05, 0) is 27.2 Å². The van der Waals surface area contributed by atoms with Gasteiger partial charge in [0.05, 0.1) is 18.8 Å². The minimum atomic E-state index is -0.454. The zero-order valence-corrected chi connectivity index (χ0v) is 10.1. The molecule has 0 aromatic heterocycles. The fourth-order valence-electron chi connectivity index (χ4n) is 1.96. The second-order valence-corrected chi connectivity index (χ2v) is 5.08. The molecule has 4 heteroatoms. The van der Waals surface area contributed by atoms with Crippen molar-refractivity contribution in [3.05, 3.63) is 0 Å². The quantitative estimate of drug-likeness (QED) is 0.704. The Hall–Kier alpha value is -0.160. The molecule has 4 nitrogen and oxygen atoms in total. The molecule has 0 radical (unpaired) electrons. The molecule has 3 N–H and O–H groups in total. The van der Waals surface area contributed by atoms with E-state index in [2.05, 4.69) is 18.7 Å². The molecule has 0 aliphatic carbocycles. The number of morpholine rings is 1. The highest BCUT2D eigenvalue weighted by atomic mass is 16.5. The van der Waals surface area contributed by atoms with E-state index < -0.39 is 5.54 Å². The molecule has 0 aromatic rings. The van der Waals surface area contributed by atoms with E-state index in [0.717, 1.165) is 26.1 Å². The normalized spacial score (nSPS) is 32.6. The first-order valence-corrected chi connectivity index (χ1v) is 5.70. The number of hydrogen-bond acceptors (Lipinski definition) is 4. The third-order valence-corrected chi connectivity index (χ3v) is 2.86. The molecule has 0 bridgehead atoms. The van der Waals surface area contributed by atoms with Gasteiger partial charge in [0.15, 0.2) is 0 Å². The van der Waals surface area contributed by atoms with E-state index in [1.807, 2.05) is 6.92 Å². The van der Waals surface area contributed by atoms with Crippen molar-refractivity contribution in [1.82, 2.24) is 4.90 Å². The maximum atomic E-state index is 9.06. The number of ether oxygens (including phenoxy) is 1. The summed E-state index contributed by atoms with van der Waals surface area (Å²) in [5.74, 6) is 0. The van der Waals surface area contributed by atoms with Crippen molar-refractivity contribution in [2.45, 2.75) is 44.9 Å². The number of aliphatic hydroxyl groups is 1. The van der Waals surface area contributed by atoms with Gasteiger partial charge >= 0.3 is 0 Å². The van der Waals surface area contributed by atoms with Crippen LogP contribution in [0.2, 0.25) is 0 Å². The van der Waals surface area contributed by atoms with E-state index in [9.17, 15) is 0 Å². The van der Waals surface area contributed by atoms with E-state index in [4.69, 9.17) is 15.6 Å². The van der Waals surface area contributed by atoms with Crippen molar-refractivity contribution in [3.63, 3.8) is 0 Å². The Morgan fingerprint density at radius 1 is 1.40 bits per heavy atom. The molecule has 1 saturated heterocycles. The largest absolute Gasteiger partial charge is 0.394 e. The van der Waals surface area contributed by atoms with Crippen LogP contribution < -0.4 is 5.73 Å². The number of nitrogens with two attached hydrogens (primary N) is 1. The summed E-state index contributed by atoms with van der Waals surface area (Å²) in [6, 6.07) is 0. The van der Waals surface area contributed by atoms with Crippen LogP contribution in [0.3, 0.4) is 0 Å². The van der Waals surface area contributed by atoms with Crippen molar-refractivity contribution < 1.29 is 9.84 Å². The van der Waals surface area contributed by atoms with Crippen LogP contribution in [-0.4, -0.2) is 54.0 Å². The number of aliphatic hydroxyl groups excluding tert-OH is 1. The molecule has 1 aliphatic rings. The predicted molar refractivity (Wildman–Crippen MR) is 60.7 cm³/mol. The molecule has 0 amide bonds. The van der Waals surface area contributed by atoms with Crippen LogP contribution in [0.15, 0.2) is 0 Å². The zero-order chi connectivity index (χ0) is 11.5. The highest BCUT2D eigenvalue weighted by molar-refractivity contribution is 4.81. The van der Waals surface area contributed by atoms with Gasteiger partial charge in [-0.2, -0.15) is 0 Å². The first-order chi connectivity index (χ1) is 6.93. The second-order valence-electron chi connectivity index (χ2n) is 5.08. The predicted octanol–water partition coefficient (Wildman–Crippen LogP) is 0.195. The Kier molecular flexibility index (Phi) is 4.52. The summed E-state index contributed by atoms with van der Waals surface area (Å²) >= 11 is 0. The van der Waals surface area contributed by atoms with Crippen LogP contribution in [-0.2, 0) is 4.74 Å². The van der Waals surface area contributed by atoms with Crippen molar-refractivity contribution in [2.75, 3.05) is 26.2 Å². The minimum Gasteiger partial charge on any atom is -0.394 e.